The molecule has 164 valence electrons. The third kappa shape index (κ3) is 6.10. The van der Waals surface area contributed by atoms with E-state index in [0.717, 1.165) is 24.6 Å². The fraction of sp³-hybridized carbons (Fsp3) is 0.304. The van der Waals surface area contributed by atoms with Crippen LogP contribution >= 0.6 is 0 Å². The van der Waals surface area contributed by atoms with Crippen LogP contribution in [0.25, 0.3) is 0 Å². The molecule has 1 heterocycles. The lowest BCUT2D eigenvalue weighted by Crippen LogP contribution is -2.13. The molecule has 0 aliphatic rings. The van der Waals surface area contributed by atoms with Crippen LogP contribution in [-0.2, 0) is 12.6 Å². The van der Waals surface area contributed by atoms with Crippen molar-refractivity contribution in [3.63, 3.8) is 0 Å². The van der Waals surface area contributed by atoms with Gasteiger partial charge in [-0.25, -0.2) is 4.98 Å². The summed E-state index contributed by atoms with van der Waals surface area (Å²) in [4.78, 5) is 7.98. The van der Waals surface area contributed by atoms with Crippen molar-refractivity contribution in [3.05, 3.63) is 65.9 Å². The van der Waals surface area contributed by atoms with Crippen LogP contribution in [0, 0.1) is 0 Å². The molecule has 0 aliphatic carbocycles. The van der Waals surface area contributed by atoms with Crippen LogP contribution in [0.1, 0.15) is 38.3 Å². The summed E-state index contributed by atoms with van der Waals surface area (Å²) in [6.07, 6.45) is -2.14. The van der Waals surface area contributed by atoms with E-state index in [-0.39, 0.29) is 17.9 Å². The highest BCUT2D eigenvalue weighted by Crippen LogP contribution is 2.36. The monoisotopic (exact) mass is 430 g/mol. The molecule has 0 saturated heterocycles. The normalized spacial score (nSPS) is 11.5. The zero-order valence-corrected chi connectivity index (χ0v) is 17.6. The molecule has 0 saturated carbocycles. The number of nitrogens with one attached hydrogen (secondary N) is 2. The highest BCUT2D eigenvalue weighted by molar-refractivity contribution is 5.65. The number of hydrogen-bond acceptors (Lipinski definition) is 5. The Labute approximate surface area is 179 Å². The summed E-state index contributed by atoms with van der Waals surface area (Å²) in [5.74, 6) is 0.457. The Bertz CT molecular complexity index is 1000. The number of rotatable bonds is 8. The van der Waals surface area contributed by atoms with Crippen LogP contribution in [0.4, 0.5) is 36.3 Å². The summed E-state index contributed by atoms with van der Waals surface area (Å²) in [6, 6.07) is 14.3. The van der Waals surface area contributed by atoms with E-state index in [0.29, 0.717) is 17.1 Å². The topological polar surface area (TPSA) is 59.1 Å². The Morgan fingerprint density at radius 1 is 1.00 bits per heavy atom. The number of hydrogen-bond donors (Lipinski definition) is 2. The SMILES string of the molecule is CCCc1ccccc1Nc1nc(Nc2ccc(OC(C)C)cc2)ncc1C(F)(F)F. The van der Waals surface area contributed by atoms with Gasteiger partial charge in [-0.1, -0.05) is 31.5 Å². The first-order valence-corrected chi connectivity index (χ1v) is 10.1. The molecule has 0 fully saturated rings. The molecule has 2 aromatic carbocycles. The average Bonchev–Trinajstić information content (AvgIpc) is 2.70. The number of halogens is 3. The number of benzene rings is 2. The minimum absolute atomic E-state index is 0.0428. The van der Waals surface area contributed by atoms with Gasteiger partial charge in [0, 0.05) is 17.6 Å². The van der Waals surface area contributed by atoms with Gasteiger partial charge >= 0.3 is 6.18 Å². The highest BCUT2D eigenvalue weighted by Gasteiger charge is 2.35. The lowest BCUT2D eigenvalue weighted by Gasteiger charge is -2.17. The number of aromatic nitrogens is 2. The number of para-hydroxylation sites is 1. The molecule has 0 spiro atoms. The minimum atomic E-state index is -4.59. The Morgan fingerprint density at radius 2 is 1.71 bits per heavy atom. The summed E-state index contributed by atoms with van der Waals surface area (Å²) < 4.78 is 46.3. The third-order valence-corrected chi connectivity index (χ3v) is 4.37. The smallest absolute Gasteiger partial charge is 0.421 e. The lowest BCUT2D eigenvalue weighted by atomic mass is 10.1. The maximum Gasteiger partial charge on any atom is 0.421 e. The van der Waals surface area contributed by atoms with Gasteiger partial charge in [0.2, 0.25) is 5.95 Å². The second-order valence-corrected chi connectivity index (χ2v) is 7.30. The van der Waals surface area contributed by atoms with Crippen molar-refractivity contribution in [2.75, 3.05) is 10.6 Å². The van der Waals surface area contributed by atoms with Crippen molar-refractivity contribution >= 4 is 23.1 Å². The zero-order valence-electron chi connectivity index (χ0n) is 17.6. The molecule has 0 atom stereocenters. The molecule has 0 unspecified atom stereocenters. The van der Waals surface area contributed by atoms with Crippen LogP contribution in [-0.4, -0.2) is 16.1 Å². The molecule has 0 bridgehead atoms. The van der Waals surface area contributed by atoms with E-state index in [1.165, 1.54) is 0 Å². The molecule has 1 aromatic heterocycles. The molecule has 0 amide bonds. The van der Waals surface area contributed by atoms with E-state index in [4.69, 9.17) is 4.74 Å². The highest BCUT2D eigenvalue weighted by atomic mass is 19.4. The summed E-state index contributed by atoms with van der Waals surface area (Å²) in [7, 11) is 0. The molecule has 3 rings (SSSR count). The number of nitrogens with zero attached hydrogens (tertiary/aromatic N) is 2. The van der Waals surface area contributed by atoms with Gasteiger partial charge in [-0.2, -0.15) is 18.2 Å². The van der Waals surface area contributed by atoms with Crippen LogP contribution in [0.5, 0.6) is 5.75 Å². The zero-order chi connectivity index (χ0) is 22.4. The van der Waals surface area contributed by atoms with Gasteiger partial charge in [-0.15, -0.1) is 0 Å². The van der Waals surface area contributed by atoms with Crippen molar-refractivity contribution in [2.45, 2.75) is 45.9 Å². The Hall–Kier alpha value is -3.29. The molecule has 0 radical (unpaired) electrons. The standard InChI is InChI=1S/C23H25F3N4O/c1-4-7-16-8-5-6-9-20(16)29-21-19(23(24,25)26)14-27-22(30-21)28-17-10-12-18(13-11-17)31-15(2)3/h5-6,8-15H,4,7H2,1-3H3,(H2,27,28,29,30). The predicted molar refractivity (Wildman–Crippen MR) is 116 cm³/mol. The van der Waals surface area contributed by atoms with Crippen LogP contribution in [0.2, 0.25) is 0 Å². The second kappa shape index (κ2) is 9.68. The van der Waals surface area contributed by atoms with Crippen LogP contribution in [0.3, 0.4) is 0 Å². The second-order valence-electron chi connectivity index (χ2n) is 7.30. The molecule has 3 aromatic rings. The van der Waals surface area contributed by atoms with E-state index >= 15 is 0 Å². The maximum absolute atomic E-state index is 13.6. The van der Waals surface area contributed by atoms with Gasteiger partial charge in [0.25, 0.3) is 0 Å². The molecule has 31 heavy (non-hydrogen) atoms. The number of alkyl halides is 3. The summed E-state index contributed by atoms with van der Waals surface area (Å²) in [5.41, 5.74) is 1.22. The predicted octanol–water partition coefficient (Wildman–Crippen LogP) is 6.72. The average molecular weight is 430 g/mol. The van der Waals surface area contributed by atoms with Gasteiger partial charge in [0.05, 0.1) is 6.10 Å². The lowest BCUT2D eigenvalue weighted by molar-refractivity contribution is -0.137. The largest absolute Gasteiger partial charge is 0.491 e. The van der Waals surface area contributed by atoms with Crippen molar-refractivity contribution < 1.29 is 17.9 Å². The van der Waals surface area contributed by atoms with Crippen LogP contribution < -0.4 is 15.4 Å². The molecule has 2 N–H and O–H groups in total. The third-order valence-electron chi connectivity index (χ3n) is 4.37. The van der Waals surface area contributed by atoms with Crippen molar-refractivity contribution in [1.82, 2.24) is 9.97 Å². The van der Waals surface area contributed by atoms with Crippen molar-refractivity contribution in [3.8, 4) is 5.75 Å². The fourth-order valence-corrected chi connectivity index (χ4v) is 3.02. The first-order chi connectivity index (χ1) is 14.8. The van der Waals surface area contributed by atoms with E-state index < -0.39 is 11.7 Å². The van der Waals surface area contributed by atoms with Crippen LogP contribution in [0.15, 0.2) is 54.7 Å². The Kier molecular flexibility index (Phi) is 6.99. The van der Waals surface area contributed by atoms with Gasteiger partial charge in [0.15, 0.2) is 0 Å². The van der Waals surface area contributed by atoms with E-state index in [1.807, 2.05) is 32.9 Å². The van der Waals surface area contributed by atoms with Gasteiger partial charge in [-0.3, -0.25) is 0 Å². The minimum Gasteiger partial charge on any atom is -0.491 e. The summed E-state index contributed by atoms with van der Waals surface area (Å²) >= 11 is 0. The molecular weight excluding hydrogens is 405 g/mol. The summed E-state index contributed by atoms with van der Waals surface area (Å²) in [6.45, 7) is 5.87. The van der Waals surface area contributed by atoms with Crippen molar-refractivity contribution in [1.29, 1.82) is 0 Å². The fourth-order valence-electron chi connectivity index (χ4n) is 3.02. The first-order valence-electron chi connectivity index (χ1n) is 10.1. The van der Waals surface area contributed by atoms with E-state index in [9.17, 15) is 13.2 Å². The molecule has 8 heteroatoms. The first kappa shape index (κ1) is 22.4. The van der Waals surface area contributed by atoms with E-state index in [1.54, 1.807) is 36.4 Å². The number of aryl methyl sites for hydroxylation is 1. The maximum atomic E-state index is 13.6. The van der Waals surface area contributed by atoms with Gasteiger partial charge in [-0.05, 0) is 56.2 Å². The van der Waals surface area contributed by atoms with E-state index in [2.05, 4.69) is 20.6 Å². The van der Waals surface area contributed by atoms with Crippen molar-refractivity contribution in [2.24, 2.45) is 0 Å². The van der Waals surface area contributed by atoms with Gasteiger partial charge < -0.3 is 15.4 Å². The Balaban J connectivity index is 1.89. The molecule has 5 nitrogen and oxygen atoms in total. The van der Waals surface area contributed by atoms with Gasteiger partial charge in [0.1, 0.15) is 17.1 Å². The summed E-state index contributed by atoms with van der Waals surface area (Å²) in [5, 5.41) is 5.80. The number of ether oxygens (including phenoxy) is 1. The molecular formula is C23H25F3N4O. The molecule has 0 aliphatic heterocycles. The number of anilines is 4. The Morgan fingerprint density at radius 3 is 2.35 bits per heavy atom. The quantitative estimate of drug-likeness (QED) is 0.415.